The fourth-order valence-electron chi connectivity index (χ4n) is 1.57. The molecule has 0 saturated carbocycles. The molecule has 19 heavy (non-hydrogen) atoms. The summed E-state index contributed by atoms with van der Waals surface area (Å²) < 4.78 is 7.74. The van der Waals surface area contributed by atoms with Gasteiger partial charge in [0, 0.05) is 11.9 Å². The van der Waals surface area contributed by atoms with E-state index in [1.54, 1.807) is 17.1 Å². The van der Waals surface area contributed by atoms with Crippen molar-refractivity contribution in [2.45, 2.75) is 13.5 Å². The third kappa shape index (κ3) is 4.10. The van der Waals surface area contributed by atoms with E-state index in [-0.39, 0.29) is 12.5 Å². The van der Waals surface area contributed by atoms with Crippen molar-refractivity contribution in [2.24, 2.45) is 0 Å². The molecule has 1 aromatic carbocycles. The topological polar surface area (TPSA) is 56.1 Å². The first-order valence-electron chi connectivity index (χ1n) is 5.88. The Morgan fingerprint density at radius 2 is 2.16 bits per heavy atom. The molecule has 1 heterocycles. The van der Waals surface area contributed by atoms with Crippen molar-refractivity contribution >= 4 is 27.5 Å². The van der Waals surface area contributed by atoms with Crippen LogP contribution in [-0.2, 0) is 11.3 Å². The van der Waals surface area contributed by atoms with E-state index in [9.17, 15) is 4.79 Å². The van der Waals surface area contributed by atoms with Crippen LogP contribution in [0.25, 0.3) is 0 Å². The minimum atomic E-state index is -0.125. The van der Waals surface area contributed by atoms with E-state index in [1.807, 2.05) is 31.2 Å². The van der Waals surface area contributed by atoms with Crippen LogP contribution in [0.3, 0.4) is 0 Å². The third-order valence-corrected chi connectivity index (χ3v) is 2.77. The maximum absolute atomic E-state index is 11.8. The first-order chi connectivity index (χ1) is 9.17. The largest absolute Gasteiger partial charge is 0.494 e. The number of rotatable bonds is 5. The van der Waals surface area contributed by atoms with Gasteiger partial charge in [-0.15, -0.1) is 0 Å². The summed E-state index contributed by atoms with van der Waals surface area (Å²) in [5, 5.41) is 6.82. The molecule has 0 unspecified atom stereocenters. The zero-order valence-corrected chi connectivity index (χ0v) is 12.1. The number of carbonyl (C=O) groups excluding carboxylic acids is 1. The van der Waals surface area contributed by atoms with Crippen molar-refractivity contribution < 1.29 is 9.53 Å². The second-order valence-electron chi connectivity index (χ2n) is 3.86. The van der Waals surface area contributed by atoms with Gasteiger partial charge in [-0.3, -0.25) is 9.48 Å². The Morgan fingerprint density at radius 1 is 1.42 bits per heavy atom. The lowest BCUT2D eigenvalue weighted by Crippen LogP contribution is -2.18. The minimum absolute atomic E-state index is 0.125. The second-order valence-corrected chi connectivity index (χ2v) is 4.78. The second kappa shape index (κ2) is 6.38. The van der Waals surface area contributed by atoms with Gasteiger partial charge in [0.25, 0.3) is 0 Å². The molecule has 0 bridgehead atoms. The molecule has 0 radical (unpaired) electrons. The number of nitrogens with zero attached hydrogens (tertiary/aromatic N) is 2. The Labute approximate surface area is 119 Å². The summed E-state index contributed by atoms with van der Waals surface area (Å²) in [4.78, 5) is 11.8. The van der Waals surface area contributed by atoms with E-state index < -0.39 is 0 Å². The fraction of sp³-hybridized carbons (Fsp3) is 0.231. The standard InChI is InChI=1S/C13H14BrN3O2/c1-2-19-12-5-3-11(4-6-12)16-13(18)9-17-8-10(14)7-15-17/h3-8H,2,9H2,1H3,(H,16,18). The zero-order chi connectivity index (χ0) is 13.7. The highest BCUT2D eigenvalue weighted by Gasteiger charge is 2.05. The number of anilines is 1. The Kier molecular flexibility index (Phi) is 4.57. The van der Waals surface area contributed by atoms with Crippen molar-refractivity contribution in [2.75, 3.05) is 11.9 Å². The van der Waals surface area contributed by atoms with Gasteiger partial charge in [0.05, 0.1) is 17.3 Å². The van der Waals surface area contributed by atoms with Gasteiger partial charge in [-0.1, -0.05) is 0 Å². The molecule has 1 N–H and O–H groups in total. The van der Waals surface area contributed by atoms with Gasteiger partial charge >= 0.3 is 0 Å². The molecule has 0 aliphatic heterocycles. The number of nitrogens with one attached hydrogen (secondary N) is 1. The number of hydrogen-bond acceptors (Lipinski definition) is 3. The first-order valence-corrected chi connectivity index (χ1v) is 6.67. The van der Waals surface area contributed by atoms with Crippen LogP contribution >= 0.6 is 15.9 Å². The molecule has 100 valence electrons. The van der Waals surface area contributed by atoms with Gasteiger partial charge in [-0.05, 0) is 47.1 Å². The molecular weight excluding hydrogens is 310 g/mol. The van der Waals surface area contributed by atoms with Crippen LogP contribution in [0, 0.1) is 0 Å². The molecule has 1 amide bonds. The normalized spacial score (nSPS) is 10.2. The summed E-state index contributed by atoms with van der Waals surface area (Å²) in [6.45, 7) is 2.73. The number of halogens is 1. The van der Waals surface area contributed by atoms with Crippen molar-refractivity contribution in [1.29, 1.82) is 0 Å². The number of ether oxygens (including phenoxy) is 1. The van der Waals surface area contributed by atoms with E-state index in [0.29, 0.717) is 6.61 Å². The highest BCUT2D eigenvalue weighted by molar-refractivity contribution is 9.10. The molecule has 1 aromatic heterocycles. The van der Waals surface area contributed by atoms with E-state index in [1.165, 1.54) is 0 Å². The highest BCUT2D eigenvalue weighted by atomic mass is 79.9. The zero-order valence-electron chi connectivity index (χ0n) is 10.5. The molecule has 0 spiro atoms. The SMILES string of the molecule is CCOc1ccc(NC(=O)Cn2cc(Br)cn2)cc1. The van der Waals surface area contributed by atoms with Gasteiger partial charge in [0.15, 0.2) is 0 Å². The van der Waals surface area contributed by atoms with Crippen molar-refractivity contribution in [3.63, 3.8) is 0 Å². The Morgan fingerprint density at radius 3 is 2.74 bits per heavy atom. The molecule has 6 heteroatoms. The van der Waals surface area contributed by atoms with Crippen LogP contribution in [-0.4, -0.2) is 22.3 Å². The Bertz CT molecular complexity index is 551. The third-order valence-electron chi connectivity index (χ3n) is 2.36. The van der Waals surface area contributed by atoms with Crippen molar-refractivity contribution in [1.82, 2.24) is 9.78 Å². The quantitative estimate of drug-likeness (QED) is 0.920. The van der Waals surface area contributed by atoms with Gasteiger partial charge in [-0.2, -0.15) is 5.10 Å². The van der Waals surface area contributed by atoms with Crippen LogP contribution in [0.4, 0.5) is 5.69 Å². The maximum Gasteiger partial charge on any atom is 0.246 e. The molecule has 5 nitrogen and oxygen atoms in total. The molecule has 0 aliphatic rings. The number of carbonyl (C=O) groups is 1. The lowest BCUT2D eigenvalue weighted by atomic mass is 10.3. The van der Waals surface area contributed by atoms with Crippen LogP contribution in [0.2, 0.25) is 0 Å². The number of benzene rings is 1. The molecule has 0 atom stereocenters. The lowest BCUT2D eigenvalue weighted by Gasteiger charge is -2.07. The van der Waals surface area contributed by atoms with E-state index >= 15 is 0 Å². The molecule has 2 aromatic rings. The van der Waals surface area contributed by atoms with Crippen molar-refractivity contribution in [3.8, 4) is 5.75 Å². The predicted octanol–water partition coefficient (Wildman–Crippen LogP) is 2.68. The average molecular weight is 324 g/mol. The number of hydrogen-bond donors (Lipinski definition) is 1. The average Bonchev–Trinajstić information content (AvgIpc) is 2.77. The summed E-state index contributed by atoms with van der Waals surface area (Å²) in [7, 11) is 0. The summed E-state index contributed by atoms with van der Waals surface area (Å²) in [6, 6.07) is 7.26. The molecular formula is C13H14BrN3O2. The highest BCUT2D eigenvalue weighted by Crippen LogP contribution is 2.15. The smallest absolute Gasteiger partial charge is 0.246 e. The first kappa shape index (κ1) is 13.6. The molecule has 0 saturated heterocycles. The van der Waals surface area contributed by atoms with Gasteiger partial charge in [0.2, 0.25) is 5.91 Å². The predicted molar refractivity (Wildman–Crippen MR) is 76.2 cm³/mol. The Balaban J connectivity index is 1.91. The molecule has 0 fully saturated rings. The Hall–Kier alpha value is -1.82. The molecule has 0 aliphatic carbocycles. The maximum atomic E-state index is 11.8. The van der Waals surface area contributed by atoms with Crippen LogP contribution in [0.15, 0.2) is 41.1 Å². The molecule has 2 rings (SSSR count). The summed E-state index contributed by atoms with van der Waals surface area (Å²) in [5.41, 5.74) is 0.736. The summed E-state index contributed by atoms with van der Waals surface area (Å²) in [6.07, 6.45) is 3.39. The number of aromatic nitrogens is 2. The van der Waals surface area contributed by atoms with E-state index in [0.717, 1.165) is 15.9 Å². The lowest BCUT2D eigenvalue weighted by molar-refractivity contribution is -0.116. The van der Waals surface area contributed by atoms with E-state index in [4.69, 9.17) is 4.74 Å². The van der Waals surface area contributed by atoms with Gasteiger partial charge in [-0.25, -0.2) is 0 Å². The van der Waals surface area contributed by atoms with Crippen LogP contribution < -0.4 is 10.1 Å². The summed E-state index contributed by atoms with van der Waals surface area (Å²) >= 11 is 3.28. The summed E-state index contributed by atoms with van der Waals surface area (Å²) in [5.74, 6) is 0.663. The van der Waals surface area contributed by atoms with Crippen LogP contribution in [0.1, 0.15) is 6.92 Å². The minimum Gasteiger partial charge on any atom is -0.494 e. The van der Waals surface area contributed by atoms with Crippen molar-refractivity contribution in [3.05, 3.63) is 41.1 Å². The van der Waals surface area contributed by atoms with E-state index in [2.05, 4.69) is 26.3 Å². The van der Waals surface area contributed by atoms with Gasteiger partial charge < -0.3 is 10.1 Å². The fourth-order valence-corrected chi connectivity index (χ4v) is 1.90. The number of amides is 1. The van der Waals surface area contributed by atoms with Crippen LogP contribution in [0.5, 0.6) is 5.75 Å². The van der Waals surface area contributed by atoms with Gasteiger partial charge in [0.1, 0.15) is 12.3 Å². The monoisotopic (exact) mass is 323 g/mol.